The number of hydrogen-bond donors (Lipinski definition) is 2. The second-order valence-corrected chi connectivity index (χ2v) is 5.95. The normalized spacial score (nSPS) is 16.9. The fourth-order valence-corrected chi connectivity index (χ4v) is 2.95. The van der Waals surface area contributed by atoms with Crippen LogP contribution in [0.25, 0.3) is 0 Å². The Kier molecular flexibility index (Phi) is 4.71. The minimum absolute atomic E-state index is 0.0115. The van der Waals surface area contributed by atoms with E-state index in [-0.39, 0.29) is 23.5 Å². The van der Waals surface area contributed by atoms with Crippen molar-refractivity contribution in [3.05, 3.63) is 41.3 Å². The molecule has 1 saturated heterocycles. The summed E-state index contributed by atoms with van der Waals surface area (Å²) in [5.74, 6) is 0.566. The van der Waals surface area contributed by atoms with E-state index in [4.69, 9.17) is 22.1 Å². The highest BCUT2D eigenvalue weighted by molar-refractivity contribution is 6.30. The maximum Gasteiger partial charge on any atom is 0.273 e. The SMILES string of the molecule is COc1ccc(Cl)cc1N1CC[C@H](NC(=O)c2nccnc2N)C1. The predicted molar refractivity (Wildman–Crippen MR) is 92.5 cm³/mol. The van der Waals surface area contributed by atoms with Gasteiger partial charge in [-0.1, -0.05) is 11.6 Å². The van der Waals surface area contributed by atoms with E-state index >= 15 is 0 Å². The molecule has 0 spiro atoms. The molecule has 0 bridgehead atoms. The van der Waals surface area contributed by atoms with Gasteiger partial charge in [-0.05, 0) is 24.6 Å². The minimum atomic E-state index is -0.314. The Hall–Kier alpha value is -2.54. The lowest BCUT2D eigenvalue weighted by molar-refractivity contribution is 0.0936. The first kappa shape index (κ1) is 16.3. The number of halogens is 1. The van der Waals surface area contributed by atoms with Crippen molar-refractivity contribution >= 4 is 29.0 Å². The summed E-state index contributed by atoms with van der Waals surface area (Å²) in [4.78, 5) is 22.3. The van der Waals surface area contributed by atoms with Crippen LogP contribution in [0.4, 0.5) is 11.5 Å². The van der Waals surface area contributed by atoms with E-state index in [1.165, 1.54) is 12.4 Å². The number of methoxy groups -OCH3 is 1. The van der Waals surface area contributed by atoms with Gasteiger partial charge in [-0.3, -0.25) is 4.79 Å². The number of ether oxygens (including phenoxy) is 1. The molecule has 1 atom stereocenters. The van der Waals surface area contributed by atoms with Gasteiger partial charge in [-0.15, -0.1) is 0 Å². The van der Waals surface area contributed by atoms with Crippen LogP contribution in [0.1, 0.15) is 16.9 Å². The van der Waals surface area contributed by atoms with E-state index in [0.717, 1.165) is 24.4 Å². The summed E-state index contributed by atoms with van der Waals surface area (Å²) in [6, 6.07) is 5.48. The third-order valence-corrected chi connectivity index (χ3v) is 4.18. The summed E-state index contributed by atoms with van der Waals surface area (Å²) in [5, 5.41) is 3.60. The van der Waals surface area contributed by atoms with Crippen molar-refractivity contribution in [1.29, 1.82) is 0 Å². The minimum Gasteiger partial charge on any atom is -0.495 e. The molecule has 3 N–H and O–H groups in total. The van der Waals surface area contributed by atoms with Gasteiger partial charge in [0.15, 0.2) is 11.5 Å². The van der Waals surface area contributed by atoms with Crippen molar-refractivity contribution < 1.29 is 9.53 Å². The van der Waals surface area contributed by atoms with Crippen LogP contribution in [0.3, 0.4) is 0 Å². The molecule has 0 unspecified atom stereocenters. The van der Waals surface area contributed by atoms with Crippen LogP contribution >= 0.6 is 11.6 Å². The van der Waals surface area contributed by atoms with Crippen molar-refractivity contribution in [3.8, 4) is 5.75 Å². The quantitative estimate of drug-likeness (QED) is 0.874. The molecule has 1 aliphatic heterocycles. The lowest BCUT2D eigenvalue weighted by Crippen LogP contribution is -2.38. The molecule has 1 fully saturated rings. The number of rotatable bonds is 4. The number of aromatic nitrogens is 2. The van der Waals surface area contributed by atoms with E-state index in [2.05, 4.69) is 20.2 Å². The first-order valence-corrected chi connectivity index (χ1v) is 7.92. The Morgan fingerprint density at radius 1 is 1.42 bits per heavy atom. The summed E-state index contributed by atoms with van der Waals surface area (Å²) in [6.45, 7) is 1.44. The third kappa shape index (κ3) is 3.35. The van der Waals surface area contributed by atoms with E-state index in [1.54, 1.807) is 13.2 Å². The zero-order chi connectivity index (χ0) is 17.1. The fourth-order valence-electron chi connectivity index (χ4n) is 2.78. The van der Waals surface area contributed by atoms with Crippen LogP contribution in [-0.2, 0) is 0 Å². The van der Waals surface area contributed by atoms with E-state index < -0.39 is 0 Å². The zero-order valence-corrected chi connectivity index (χ0v) is 14.0. The Labute approximate surface area is 144 Å². The van der Waals surface area contributed by atoms with Crippen LogP contribution in [0.5, 0.6) is 5.75 Å². The number of carbonyl (C=O) groups is 1. The monoisotopic (exact) mass is 347 g/mol. The second-order valence-electron chi connectivity index (χ2n) is 5.51. The number of nitrogen functional groups attached to an aromatic ring is 1. The Morgan fingerprint density at radius 3 is 2.96 bits per heavy atom. The van der Waals surface area contributed by atoms with E-state index in [9.17, 15) is 4.79 Å². The Bertz CT molecular complexity index is 755. The number of nitrogens with zero attached hydrogens (tertiary/aromatic N) is 3. The lowest BCUT2D eigenvalue weighted by Gasteiger charge is -2.21. The number of benzene rings is 1. The molecule has 3 rings (SSSR count). The number of nitrogens with two attached hydrogens (primary N) is 1. The van der Waals surface area contributed by atoms with Gasteiger partial charge in [0.1, 0.15) is 5.75 Å². The third-order valence-electron chi connectivity index (χ3n) is 3.95. The highest BCUT2D eigenvalue weighted by Gasteiger charge is 2.27. The molecule has 1 aromatic carbocycles. The summed E-state index contributed by atoms with van der Waals surface area (Å²) in [6.07, 6.45) is 3.71. The molecule has 2 heterocycles. The van der Waals surface area contributed by atoms with Gasteiger partial charge in [-0.25, -0.2) is 9.97 Å². The van der Waals surface area contributed by atoms with Crippen LogP contribution < -0.4 is 20.7 Å². The highest BCUT2D eigenvalue weighted by Crippen LogP contribution is 2.33. The second kappa shape index (κ2) is 6.92. The Morgan fingerprint density at radius 2 is 2.21 bits per heavy atom. The van der Waals surface area contributed by atoms with Crippen LogP contribution in [0.15, 0.2) is 30.6 Å². The van der Waals surface area contributed by atoms with Crippen molar-refractivity contribution in [2.45, 2.75) is 12.5 Å². The standard InChI is InChI=1S/C16H18ClN5O2/c1-24-13-3-2-10(17)8-12(13)22-7-4-11(9-22)21-16(23)14-15(18)20-6-5-19-14/h2-3,5-6,8,11H,4,7,9H2,1H3,(H2,18,20)(H,21,23)/t11-/m0/s1. The molecule has 0 saturated carbocycles. The molecule has 1 aliphatic rings. The van der Waals surface area contributed by atoms with E-state index in [1.807, 2.05) is 12.1 Å². The number of amides is 1. The first-order valence-electron chi connectivity index (χ1n) is 7.54. The number of anilines is 2. The van der Waals surface area contributed by atoms with Crippen LogP contribution in [-0.4, -0.2) is 42.1 Å². The summed E-state index contributed by atoms with van der Waals surface area (Å²) >= 11 is 6.09. The fraction of sp³-hybridized carbons (Fsp3) is 0.312. The van der Waals surface area contributed by atoms with Crippen LogP contribution in [0, 0.1) is 0 Å². The zero-order valence-electron chi connectivity index (χ0n) is 13.2. The van der Waals surface area contributed by atoms with Crippen LogP contribution in [0.2, 0.25) is 5.02 Å². The molecule has 1 aromatic heterocycles. The van der Waals surface area contributed by atoms with Crippen molar-refractivity contribution in [3.63, 3.8) is 0 Å². The number of carbonyl (C=O) groups excluding carboxylic acids is 1. The molecular formula is C16H18ClN5O2. The molecule has 2 aromatic rings. The highest BCUT2D eigenvalue weighted by atomic mass is 35.5. The van der Waals surface area contributed by atoms with Gasteiger partial charge >= 0.3 is 0 Å². The van der Waals surface area contributed by atoms with Gasteiger partial charge in [0, 0.05) is 36.5 Å². The van der Waals surface area contributed by atoms with Crippen molar-refractivity contribution in [2.75, 3.05) is 30.8 Å². The average molecular weight is 348 g/mol. The number of nitrogens with one attached hydrogen (secondary N) is 1. The average Bonchev–Trinajstić information content (AvgIpc) is 3.03. The van der Waals surface area contributed by atoms with E-state index in [0.29, 0.717) is 11.6 Å². The van der Waals surface area contributed by atoms with Gasteiger partial charge in [-0.2, -0.15) is 0 Å². The van der Waals surface area contributed by atoms with Gasteiger partial charge in [0.2, 0.25) is 0 Å². The molecule has 0 aliphatic carbocycles. The summed E-state index contributed by atoms with van der Waals surface area (Å²) < 4.78 is 5.39. The van der Waals surface area contributed by atoms with Crippen molar-refractivity contribution in [2.24, 2.45) is 0 Å². The predicted octanol–water partition coefficient (Wildman–Crippen LogP) is 1.73. The molecule has 126 valence electrons. The molecule has 0 radical (unpaired) electrons. The van der Waals surface area contributed by atoms with Crippen molar-refractivity contribution in [1.82, 2.24) is 15.3 Å². The maximum absolute atomic E-state index is 12.3. The molecule has 24 heavy (non-hydrogen) atoms. The first-order chi connectivity index (χ1) is 11.6. The molecule has 8 heteroatoms. The molecule has 7 nitrogen and oxygen atoms in total. The number of hydrogen-bond acceptors (Lipinski definition) is 6. The van der Waals surface area contributed by atoms with Gasteiger partial charge < -0.3 is 20.7 Å². The maximum atomic E-state index is 12.3. The summed E-state index contributed by atoms with van der Waals surface area (Å²) in [5.41, 5.74) is 6.76. The lowest BCUT2D eigenvalue weighted by atomic mass is 10.2. The topological polar surface area (TPSA) is 93.4 Å². The summed E-state index contributed by atoms with van der Waals surface area (Å²) in [7, 11) is 1.62. The van der Waals surface area contributed by atoms with Gasteiger partial charge in [0.05, 0.1) is 12.8 Å². The van der Waals surface area contributed by atoms with Gasteiger partial charge in [0.25, 0.3) is 5.91 Å². The Balaban J connectivity index is 1.69. The molecule has 1 amide bonds. The molecular weight excluding hydrogens is 330 g/mol. The largest absolute Gasteiger partial charge is 0.495 e. The smallest absolute Gasteiger partial charge is 0.273 e.